The summed E-state index contributed by atoms with van der Waals surface area (Å²) in [6, 6.07) is 3.63. The van der Waals surface area contributed by atoms with Crippen molar-refractivity contribution in [3.8, 4) is 0 Å². The van der Waals surface area contributed by atoms with Gasteiger partial charge >= 0.3 is 12.1 Å². The van der Waals surface area contributed by atoms with Gasteiger partial charge in [0.15, 0.2) is 0 Å². The molecule has 0 aromatic heterocycles. The van der Waals surface area contributed by atoms with Crippen LogP contribution in [-0.2, 0) is 15.7 Å². The van der Waals surface area contributed by atoms with E-state index in [1.54, 1.807) is 0 Å². The molecule has 0 saturated carbocycles. The molecule has 0 N–H and O–H groups in total. The van der Waals surface area contributed by atoms with E-state index in [4.69, 9.17) is 4.74 Å². The molecule has 1 aromatic rings. The standard InChI is InChI=1S/C29H44F3NO3/c1-2-3-4-5-6-7-8-9-10-11-12-13-14-15-22-36-28(35)26-20-17-21-33(26)27(34)24-18-16-19-25(23-24)29(30,31)32/h16,18-19,23,26H,2-15,17,20-22H2,1H3. The van der Waals surface area contributed by atoms with E-state index in [0.29, 0.717) is 26.0 Å². The van der Waals surface area contributed by atoms with Gasteiger partial charge in [-0.15, -0.1) is 0 Å². The smallest absolute Gasteiger partial charge is 0.416 e. The molecule has 1 heterocycles. The first-order chi connectivity index (χ1) is 17.3. The number of halogens is 3. The summed E-state index contributed by atoms with van der Waals surface area (Å²) in [6.07, 6.45) is 14.1. The third-order valence-electron chi connectivity index (χ3n) is 6.96. The number of hydrogen-bond donors (Lipinski definition) is 0. The Morgan fingerprint density at radius 3 is 2.00 bits per heavy atom. The number of carbonyl (C=O) groups excluding carboxylic acids is 2. The van der Waals surface area contributed by atoms with Crippen LogP contribution in [0.4, 0.5) is 13.2 Å². The molecule has 0 aliphatic carbocycles. The Kier molecular flexibility index (Phi) is 14.0. The fourth-order valence-electron chi connectivity index (χ4n) is 4.81. The van der Waals surface area contributed by atoms with Crippen molar-refractivity contribution in [1.29, 1.82) is 0 Å². The van der Waals surface area contributed by atoms with Gasteiger partial charge in [-0.05, 0) is 37.5 Å². The van der Waals surface area contributed by atoms with Gasteiger partial charge in [0.2, 0.25) is 0 Å². The Balaban J connectivity index is 1.57. The van der Waals surface area contributed by atoms with Crippen LogP contribution in [0.15, 0.2) is 24.3 Å². The van der Waals surface area contributed by atoms with Crippen molar-refractivity contribution in [2.45, 2.75) is 122 Å². The van der Waals surface area contributed by atoms with Crippen molar-refractivity contribution in [2.24, 2.45) is 0 Å². The highest BCUT2D eigenvalue weighted by Gasteiger charge is 2.37. The van der Waals surface area contributed by atoms with Gasteiger partial charge in [0.1, 0.15) is 6.04 Å². The summed E-state index contributed by atoms with van der Waals surface area (Å²) in [7, 11) is 0. The van der Waals surface area contributed by atoms with Crippen LogP contribution in [0.3, 0.4) is 0 Å². The fourth-order valence-corrected chi connectivity index (χ4v) is 4.81. The zero-order valence-corrected chi connectivity index (χ0v) is 21.9. The van der Waals surface area contributed by atoms with E-state index in [2.05, 4.69) is 6.92 Å². The maximum absolute atomic E-state index is 13.0. The minimum atomic E-state index is -4.52. The number of esters is 1. The Bertz CT molecular complexity index is 781. The van der Waals surface area contributed by atoms with Crippen molar-refractivity contribution < 1.29 is 27.5 Å². The van der Waals surface area contributed by atoms with Gasteiger partial charge < -0.3 is 9.64 Å². The lowest BCUT2D eigenvalue weighted by Crippen LogP contribution is -2.41. The number of hydrogen-bond acceptors (Lipinski definition) is 3. The van der Waals surface area contributed by atoms with Crippen LogP contribution in [0.5, 0.6) is 0 Å². The van der Waals surface area contributed by atoms with E-state index in [1.807, 2.05) is 0 Å². The molecule has 1 aliphatic heterocycles. The van der Waals surface area contributed by atoms with Crippen LogP contribution in [0.1, 0.15) is 126 Å². The first-order valence-corrected chi connectivity index (χ1v) is 14.0. The average Bonchev–Trinajstić information content (AvgIpc) is 3.35. The van der Waals surface area contributed by atoms with Crippen LogP contribution >= 0.6 is 0 Å². The zero-order chi connectivity index (χ0) is 26.2. The number of alkyl halides is 3. The van der Waals surface area contributed by atoms with Gasteiger partial charge in [0, 0.05) is 12.1 Å². The van der Waals surface area contributed by atoms with Crippen molar-refractivity contribution >= 4 is 11.9 Å². The van der Waals surface area contributed by atoms with Gasteiger partial charge in [0.25, 0.3) is 5.91 Å². The van der Waals surface area contributed by atoms with E-state index in [0.717, 1.165) is 31.4 Å². The predicted octanol–water partition coefficient (Wildman–Crippen LogP) is 8.33. The third kappa shape index (κ3) is 10.9. The minimum absolute atomic E-state index is 0.0588. The minimum Gasteiger partial charge on any atom is -0.464 e. The van der Waals surface area contributed by atoms with Crippen molar-refractivity contribution in [1.82, 2.24) is 4.90 Å². The summed E-state index contributed by atoms with van der Waals surface area (Å²) in [5.74, 6) is -1.01. The monoisotopic (exact) mass is 511 g/mol. The van der Waals surface area contributed by atoms with Crippen LogP contribution in [-0.4, -0.2) is 36.0 Å². The normalized spacial score (nSPS) is 15.9. The highest BCUT2D eigenvalue weighted by atomic mass is 19.4. The maximum atomic E-state index is 13.0. The lowest BCUT2D eigenvalue weighted by Gasteiger charge is -2.23. The number of rotatable bonds is 17. The highest BCUT2D eigenvalue weighted by molar-refractivity contribution is 5.97. The summed E-state index contributed by atoms with van der Waals surface area (Å²) in [5, 5.41) is 0. The number of carbonyl (C=O) groups is 2. The molecular formula is C29H44F3NO3. The van der Waals surface area contributed by atoms with Gasteiger partial charge in [-0.25, -0.2) is 4.79 Å². The van der Waals surface area contributed by atoms with E-state index in [1.165, 1.54) is 87.7 Å². The van der Waals surface area contributed by atoms with Crippen LogP contribution in [0, 0.1) is 0 Å². The molecule has 0 radical (unpaired) electrons. The molecule has 1 unspecified atom stereocenters. The lowest BCUT2D eigenvalue weighted by molar-refractivity contribution is -0.148. The Labute approximate surface area is 215 Å². The number of benzene rings is 1. The second-order valence-corrected chi connectivity index (χ2v) is 10.00. The molecule has 1 fully saturated rings. The number of unbranched alkanes of at least 4 members (excludes halogenated alkanes) is 13. The van der Waals surface area contributed by atoms with Crippen molar-refractivity contribution in [3.63, 3.8) is 0 Å². The summed E-state index contributed by atoms with van der Waals surface area (Å²) in [5.41, 5.74) is -0.930. The number of ether oxygens (including phenoxy) is 1. The van der Waals surface area contributed by atoms with Gasteiger partial charge in [-0.1, -0.05) is 96.5 Å². The van der Waals surface area contributed by atoms with Gasteiger partial charge in [0.05, 0.1) is 12.2 Å². The van der Waals surface area contributed by atoms with Gasteiger partial charge in [-0.2, -0.15) is 13.2 Å². The van der Waals surface area contributed by atoms with E-state index >= 15 is 0 Å². The first-order valence-electron chi connectivity index (χ1n) is 14.0. The zero-order valence-electron chi connectivity index (χ0n) is 21.9. The molecule has 1 aliphatic rings. The van der Waals surface area contributed by atoms with Crippen LogP contribution in [0.25, 0.3) is 0 Å². The molecule has 0 bridgehead atoms. The average molecular weight is 512 g/mol. The molecule has 204 valence electrons. The summed E-state index contributed by atoms with van der Waals surface area (Å²) >= 11 is 0. The summed E-state index contributed by atoms with van der Waals surface area (Å²) < 4.78 is 44.4. The summed E-state index contributed by atoms with van der Waals surface area (Å²) in [4.78, 5) is 26.7. The number of likely N-dealkylation sites (tertiary alicyclic amines) is 1. The molecule has 1 aromatic carbocycles. The third-order valence-corrected chi connectivity index (χ3v) is 6.96. The second-order valence-electron chi connectivity index (χ2n) is 10.00. The topological polar surface area (TPSA) is 46.6 Å². The molecule has 2 rings (SSSR count). The highest BCUT2D eigenvalue weighted by Crippen LogP contribution is 2.30. The lowest BCUT2D eigenvalue weighted by atomic mass is 10.0. The molecule has 0 spiro atoms. The Morgan fingerprint density at radius 2 is 1.44 bits per heavy atom. The van der Waals surface area contributed by atoms with Crippen molar-refractivity contribution in [2.75, 3.05) is 13.2 Å². The molecule has 36 heavy (non-hydrogen) atoms. The quantitative estimate of drug-likeness (QED) is 0.156. The van der Waals surface area contributed by atoms with E-state index < -0.39 is 29.7 Å². The molecule has 1 amide bonds. The molecule has 7 heteroatoms. The number of amides is 1. The van der Waals surface area contributed by atoms with Crippen LogP contribution in [0.2, 0.25) is 0 Å². The number of nitrogens with zero attached hydrogens (tertiary/aromatic N) is 1. The molecule has 1 saturated heterocycles. The fraction of sp³-hybridized carbons (Fsp3) is 0.724. The first kappa shape index (κ1) is 30.2. The van der Waals surface area contributed by atoms with E-state index in [-0.39, 0.29) is 5.56 Å². The molecular weight excluding hydrogens is 467 g/mol. The van der Waals surface area contributed by atoms with E-state index in [9.17, 15) is 22.8 Å². The van der Waals surface area contributed by atoms with Crippen molar-refractivity contribution in [3.05, 3.63) is 35.4 Å². The van der Waals surface area contributed by atoms with Crippen LogP contribution < -0.4 is 0 Å². The molecule has 4 nitrogen and oxygen atoms in total. The van der Waals surface area contributed by atoms with Gasteiger partial charge in [-0.3, -0.25) is 4.79 Å². The Morgan fingerprint density at radius 1 is 0.889 bits per heavy atom. The molecule has 1 atom stereocenters. The SMILES string of the molecule is CCCCCCCCCCCCCCCCOC(=O)C1CCCN1C(=O)c1cccc(C(F)(F)F)c1. The predicted molar refractivity (Wildman–Crippen MR) is 137 cm³/mol. The largest absolute Gasteiger partial charge is 0.464 e. The second kappa shape index (κ2) is 16.6. The summed E-state index contributed by atoms with van der Waals surface area (Å²) in [6.45, 7) is 2.91. The Hall–Kier alpha value is -2.05. The maximum Gasteiger partial charge on any atom is 0.416 e.